The number of nitrogens with two attached hydrogens (primary N) is 1. The lowest BCUT2D eigenvalue weighted by atomic mass is 10.2. The van der Waals surface area contributed by atoms with Crippen molar-refractivity contribution in [2.75, 3.05) is 19.8 Å². The second kappa shape index (κ2) is 14.2. The Morgan fingerprint density at radius 1 is 0.611 bits per heavy atom. The first-order valence-electron chi connectivity index (χ1n) is 11.5. The molecular formula is C28H30Cl3N5. The van der Waals surface area contributed by atoms with Crippen LogP contribution in [0.15, 0.2) is 84.9 Å². The number of pyridine rings is 2. The zero-order chi connectivity index (χ0) is 25.9. The zero-order valence-corrected chi connectivity index (χ0v) is 22.7. The molecule has 8 heteroatoms. The quantitative estimate of drug-likeness (QED) is 0.244. The van der Waals surface area contributed by atoms with Gasteiger partial charge in [0.1, 0.15) is 10.3 Å². The van der Waals surface area contributed by atoms with Gasteiger partial charge in [-0.05, 0) is 49.5 Å². The molecule has 4 rings (SSSR count). The zero-order valence-electron chi connectivity index (χ0n) is 20.4. The Morgan fingerprint density at radius 2 is 1.06 bits per heavy atom. The minimum Gasteiger partial charge on any atom is -0.399 e. The third-order valence-electron chi connectivity index (χ3n) is 5.14. The van der Waals surface area contributed by atoms with Crippen molar-refractivity contribution in [1.82, 2.24) is 19.8 Å². The van der Waals surface area contributed by atoms with Crippen LogP contribution in [-0.4, -0.2) is 33.9 Å². The van der Waals surface area contributed by atoms with E-state index >= 15 is 0 Å². The first kappa shape index (κ1) is 27.9. The molecular weight excluding hydrogens is 513 g/mol. The summed E-state index contributed by atoms with van der Waals surface area (Å²) >= 11 is 17.7. The van der Waals surface area contributed by atoms with Gasteiger partial charge in [-0.1, -0.05) is 95.5 Å². The lowest BCUT2D eigenvalue weighted by molar-refractivity contribution is 0.315. The van der Waals surface area contributed by atoms with Crippen molar-refractivity contribution in [3.05, 3.63) is 123 Å². The largest absolute Gasteiger partial charge is 0.399 e. The maximum Gasteiger partial charge on any atom is 0.131 e. The van der Waals surface area contributed by atoms with Gasteiger partial charge in [0.2, 0.25) is 0 Å². The standard InChI is InChI=1S/C14H14Cl2N2.C14H16ClN3/c1-18(9-11-5-3-2-4-6-11)10-13-7-12(15)8-14(16)17-13;1-18(9-11-5-3-2-4-6-11)10-13-7-12(16)8-14(15)17-13/h2-8H,9-10H2,1H3;2-8H,9-10H2,1H3,(H2,16,17). The average molecular weight is 543 g/mol. The van der Waals surface area contributed by atoms with Gasteiger partial charge in [-0.25, -0.2) is 9.97 Å². The molecule has 36 heavy (non-hydrogen) atoms. The molecule has 0 saturated heterocycles. The fourth-order valence-corrected chi connectivity index (χ4v) is 4.45. The molecule has 0 bridgehead atoms. The van der Waals surface area contributed by atoms with Crippen LogP contribution in [0.5, 0.6) is 0 Å². The van der Waals surface area contributed by atoms with E-state index in [1.54, 1.807) is 12.1 Å². The third-order valence-corrected chi connectivity index (χ3v) is 5.74. The summed E-state index contributed by atoms with van der Waals surface area (Å²) in [6.07, 6.45) is 0. The number of halogens is 3. The summed E-state index contributed by atoms with van der Waals surface area (Å²) in [5.41, 5.74) is 10.7. The average Bonchev–Trinajstić information content (AvgIpc) is 2.79. The highest BCUT2D eigenvalue weighted by atomic mass is 35.5. The molecule has 0 atom stereocenters. The number of rotatable bonds is 8. The van der Waals surface area contributed by atoms with E-state index < -0.39 is 0 Å². The molecule has 0 spiro atoms. The van der Waals surface area contributed by atoms with Crippen molar-refractivity contribution in [2.24, 2.45) is 0 Å². The van der Waals surface area contributed by atoms with Crippen LogP contribution in [0.1, 0.15) is 22.5 Å². The maximum absolute atomic E-state index is 5.95. The second-order valence-corrected chi connectivity index (χ2v) is 9.84. The Kier molecular flexibility index (Phi) is 11.0. The molecule has 4 aromatic rings. The number of nitrogens with zero attached hydrogens (tertiary/aromatic N) is 4. The number of benzene rings is 2. The molecule has 188 valence electrons. The van der Waals surface area contributed by atoms with E-state index in [2.05, 4.69) is 44.0 Å². The minimum absolute atomic E-state index is 0.436. The molecule has 2 heterocycles. The van der Waals surface area contributed by atoms with Crippen molar-refractivity contribution < 1.29 is 0 Å². The van der Waals surface area contributed by atoms with E-state index in [0.29, 0.717) is 21.0 Å². The molecule has 0 radical (unpaired) electrons. The van der Waals surface area contributed by atoms with Gasteiger partial charge in [0, 0.05) is 36.9 Å². The van der Waals surface area contributed by atoms with Gasteiger partial charge in [-0.2, -0.15) is 0 Å². The topological polar surface area (TPSA) is 58.3 Å². The fraction of sp³-hybridized carbons (Fsp3) is 0.214. The number of hydrogen-bond acceptors (Lipinski definition) is 5. The molecule has 0 saturated carbocycles. The predicted molar refractivity (Wildman–Crippen MR) is 151 cm³/mol. The minimum atomic E-state index is 0.436. The summed E-state index contributed by atoms with van der Waals surface area (Å²) in [6, 6.07) is 27.6. The van der Waals surface area contributed by atoms with Crippen molar-refractivity contribution in [1.29, 1.82) is 0 Å². The van der Waals surface area contributed by atoms with Crippen LogP contribution >= 0.6 is 34.8 Å². The first-order valence-corrected chi connectivity index (χ1v) is 12.6. The van der Waals surface area contributed by atoms with E-state index in [4.69, 9.17) is 40.5 Å². The first-order chi connectivity index (χ1) is 17.3. The van der Waals surface area contributed by atoms with Crippen LogP contribution in [0.4, 0.5) is 5.69 Å². The molecule has 2 N–H and O–H groups in total. The van der Waals surface area contributed by atoms with Crippen molar-refractivity contribution >= 4 is 40.5 Å². The lowest BCUT2D eigenvalue weighted by Crippen LogP contribution is -2.18. The number of hydrogen-bond donors (Lipinski definition) is 1. The van der Waals surface area contributed by atoms with E-state index in [1.165, 1.54) is 11.1 Å². The number of anilines is 1. The Hall–Kier alpha value is -2.67. The Labute approximate surface area is 228 Å². The Bertz CT molecular complexity index is 1090. The van der Waals surface area contributed by atoms with E-state index in [0.717, 1.165) is 37.6 Å². The molecule has 0 fully saturated rings. The highest BCUT2D eigenvalue weighted by Gasteiger charge is 2.06. The van der Waals surface area contributed by atoms with Crippen LogP contribution in [0.3, 0.4) is 0 Å². The molecule has 0 amide bonds. The smallest absolute Gasteiger partial charge is 0.131 e. The molecule has 0 aliphatic heterocycles. The van der Waals surface area contributed by atoms with Crippen LogP contribution in [0, 0.1) is 0 Å². The second-order valence-electron chi connectivity index (χ2n) is 8.63. The molecule has 2 aromatic carbocycles. The summed E-state index contributed by atoms with van der Waals surface area (Å²) in [5, 5.41) is 1.50. The van der Waals surface area contributed by atoms with E-state index in [1.807, 2.05) is 62.6 Å². The summed E-state index contributed by atoms with van der Waals surface area (Å²) in [6.45, 7) is 3.18. The van der Waals surface area contributed by atoms with Crippen molar-refractivity contribution in [2.45, 2.75) is 26.2 Å². The highest BCUT2D eigenvalue weighted by molar-refractivity contribution is 6.33. The maximum atomic E-state index is 5.95. The fourth-order valence-electron chi connectivity index (χ4n) is 3.71. The normalized spacial score (nSPS) is 10.9. The molecule has 2 aromatic heterocycles. The number of nitrogen functional groups attached to an aromatic ring is 1. The van der Waals surface area contributed by atoms with Crippen LogP contribution in [-0.2, 0) is 26.2 Å². The Morgan fingerprint density at radius 3 is 1.50 bits per heavy atom. The van der Waals surface area contributed by atoms with Gasteiger partial charge in [0.05, 0.1) is 11.4 Å². The van der Waals surface area contributed by atoms with Crippen molar-refractivity contribution in [3.8, 4) is 0 Å². The van der Waals surface area contributed by atoms with Gasteiger partial charge >= 0.3 is 0 Å². The van der Waals surface area contributed by atoms with Crippen LogP contribution in [0.2, 0.25) is 15.3 Å². The van der Waals surface area contributed by atoms with Gasteiger partial charge in [0.25, 0.3) is 0 Å². The van der Waals surface area contributed by atoms with Gasteiger partial charge in [-0.3, -0.25) is 9.80 Å². The van der Waals surface area contributed by atoms with Gasteiger partial charge in [-0.15, -0.1) is 0 Å². The Balaban J connectivity index is 0.000000201. The third kappa shape index (κ3) is 10.1. The number of aromatic nitrogens is 2. The lowest BCUT2D eigenvalue weighted by Gasteiger charge is -2.16. The molecule has 0 unspecified atom stereocenters. The van der Waals surface area contributed by atoms with Gasteiger partial charge in [0.15, 0.2) is 0 Å². The molecule has 0 aliphatic carbocycles. The predicted octanol–water partition coefficient (Wildman–Crippen LogP) is 6.97. The monoisotopic (exact) mass is 541 g/mol. The molecule has 5 nitrogen and oxygen atoms in total. The summed E-state index contributed by atoms with van der Waals surface area (Å²) < 4.78 is 0. The van der Waals surface area contributed by atoms with Gasteiger partial charge < -0.3 is 5.73 Å². The van der Waals surface area contributed by atoms with E-state index in [-0.39, 0.29) is 0 Å². The van der Waals surface area contributed by atoms with Crippen LogP contribution < -0.4 is 5.73 Å². The highest BCUT2D eigenvalue weighted by Crippen LogP contribution is 2.17. The van der Waals surface area contributed by atoms with Crippen LogP contribution in [0.25, 0.3) is 0 Å². The molecule has 0 aliphatic rings. The van der Waals surface area contributed by atoms with E-state index in [9.17, 15) is 0 Å². The summed E-state index contributed by atoms with van der Waals surface area (Å²) in [5.74, 6) is 0. The van der Waals surface area contributed by atoms with Crippen molar-refractivity contribution in [3.63, 3.8) is 0 Å². The summed E-state index contributed by atoms with van der Waals surface area (Å²) in [4.78, 5) is 12.9. The SMILES string of the molecule is CN(Cc1ccccc1)Cc1cc(Cl)cc(Cl)n1.CN(Cc1ccccc1)Cc1cc(N)cc(Cl)n1. The summed E-state index contributed by atoms with van der Waals surface area (Å²) in [7, 11) is 4.09.